The zero-order valence-corrected chi connectivity index (χ0v) is 13.6. The summed E-state index contributed by atoms with van der Waals surface area (Å²) in [5, 5.41) is 0. The van der Waals surface area contributed by atoms with Crippen molar-refractivity contribution in [1.29, 1.82) is 0 Å². The summed E-state index contributed by atoms with van der Waals surface area (Å²) in [5.74, 6) is -1.22. The molecule has 4 rings (SSSR count). The van der Waals surface area contributed by atoms with E-state index in [0.717, 1.165) is 37.0 Å². The topological polar surface area (TPSA) is 38.4 Å². The quantitative estimate of drug-likeness (QED) is 0.727. The maximum absolute atomic E-state index is 13.9. The zero-order valence-electron chi connectivity index (χ0n) is 13.6. The van der Waals surface area contributed by atoms with Gasteiger partial charge in [-0.25, -0.2) is 13.6 Å². The third-order valence-electron chi connectivity index (χ3n) is 4.77. The highest BCUT2D eigenvalue weighted by atomic mass is 19.1. The molecule has 0 aliphatic carbocycles. The van der Waals surface area contributed by atoms with E-state index in [0.29, 0.717) is 24.2 Å². The lowest BCUT2D eigenvalue weighted by molar-refractivity contribution is 0.166. The fraction of sp³-hybridized carbons (Fsp3) is 0.316. The van der Waals surface area contributed by atoms with Crippen molar-refractivity contribution in [3.05, 3.63) is 70.2 Å². The molecule has 0 bridgehead atoms. The first-order chi connectivity index (χ1) is 12.1. The lowest BCUT2D eigenvalue weighted by atomic mass is 10.0. The number of nitrogens with zero attached hydrogens (tertiary/aromatic N) is 2. The molecule has 2 aromatic carbocycles. The first-order valence-electron chi connectivity index (χ1n) is 8.38. The Labute approximate surface area is 143 Å². The molecule has 1 aliphatic rings. The van der Waals surface area contributed by atoms with Crippen LogP contribution in [0.15, 0.2) is 51.7 Å². The second-order valence-corrected chi connectivity index (χ2v) is 6.47. The number of benzene rings is 2. The highest BCUT2D eigenvalue weighted by Crippen LogP contribution is 2.26. The van der Waals surface area contributed by atoms with E-state index < -0.39 is 11.6 Å². The van der Waals surface area contributed by atoms with E-state index in [-0.39, 0.29) is 11.8 Å². The van der Waals surface area contributed by atoms with Gasteiger partial charge in [0.2, 0.25) is 0 Å². The molecule has 1 aromatic heterocycles. The van der Waals surface area contributed by atoms with Crippen molar-refractivity contribution in [1.82, 2.24) is 9.47 Å². The SMILES string of the molecule is O=c1oc2ccccc2n1[C@H]1CCCN(Cc2cc(F)ccc2F)C1. The lowest BCUT2D eigenvalue weighted by Gasteiger charge is -2.33. The molecule has 3 aromatic rings. The minimum absolute atomic E-state index is 0.0403. The van der Waals surface area contributed by atoms with Crippen LogP contribution in [0.5, 0.6) is 0 Å². The molecule has 0 N–H and O–H groups in total. The van der Waals surface area contributed by atoms with Crippen LogP contribution in [-0.2, 0) is 6.54 Å². The third-order valence-corrected chi connectivity index (χ3v) is 4.77. The molecule has 0 radical (unpaired) electrons. The van der Waals surface area contributed by atoms with Crippen LogP contribution in [0.2, 0.25) is 0 Å². The molecule has 2 heterocycles. The van der Waals surface area contributed by atoms with Crippen molar-refractivity contribution in [3.8, 4) is 0 Å². The van der Waals surface area contributed by atoms with Crippen LogP contribution in [0.3, 0.4) is 0 Å². The Morgan fingerprint density at radius 3 is 2.88 bits per heavy atom. The molecule has 1 atom stereocenters. The summed E-state index contributed by atoms with van der Waals surface area (Å²) in [4.78, 5) is 14.3. The average Bonchev–Trinajstić information content (AvgIpc) is 2.94. The molecule has 0 unspecified atom stereocenters. The van der Waals surface area contributed by atoms with E-state index in [1.807, 2.05) is 18.2 Å². The van der Waals surface area contributed by atoms with Crippen LogP contribution in [0, 0.1) is 11.6 Å². The molecule has 0 amide bonds. The van der Waals surface area contributed by atoms with E-state index in [1.54, 1.807) is 10.6 Å². The Bertz CT molecular complexity index is 963. The van der Waals surface area contributed by atoms with Crippen molar-refractivity contribution < 1.29 is 13.2 Å². The minimum Gasteiger partial charge on any atom is -0.408 e. The van der Waals surface area contributed by atoms with Crippen LogP contribution in [-0.4, -0.2) is 22.6 Å². The summed E-state index contributed by atoms with van der Waals surface area (Å²) in [6.45, 7) is 1.71. The maximum atomic E-state index is 13.9. The Hall–Kier alpha value is -2.47. The summed E-state index contributed by atoms with van der Waals surface area (Å²) in [6.07, 6.45) is 1.74. The third kappa shape index (κ3) is 3.09. The van der Waals surface area contributed by atoms with Crippen molar-refractivity contribution >= 4 is 11.1 Å². The molecule has 4 nitrogen and oxygen atoms in total. The van der Waals surface area contributed by atoms with Gasteiger partial charge in [0.15, 0.2) is 5.58 Å². The van der Waals surface area contributed by atoms with Gasteiger partial charge in [-0.15, -0.1) is 0 Å². The summed E-state index contributed by atoms with van der Waals surface area (Å²) in [7, 11) is 0. The van der Waals surface area contributed by atoms with E-state index in [2.05, 4.69) is 4.90 Å². The monoisotopic (exact) mass is 344 g/mol. The van der Waals surface area contributed by atoms with E-state index in [4.69, 9.17) is 4.42 Å². The van der Waals surface area contributed by atoms with Gasteiger partial charge in [-0.2, -0.15) is 0 Å². The van der Waals surface area contributed by atoms with Gasteiger partial charge in [0.05, 0.1) is 11.6 Å². The Kier molecular flexibility index (Phi) is 4.13. The number of para-hydroxylation sites is 2. The van der Waals surface area contributed by atoms with Gasteiger partial charge in [-0.3, -0.25) is 9.47 Å². The van der Waals surface area contributed by atoms with Gasteiger partial charge < -0.3 is 4.42 Å². The van der Waals surface area contributed by atoms with Crippen LogP contribution >= 0.6 is 0 Å². The molecule has 1 saturated heterocycles. The van der Waals surface area contributed by atoms with E-state index >= 15 is 0 Å². The molecule has 6 heteroatoms. The second-order valence-electron chi connectivity index (χ2n) is 6.47. The highest BCUT2D eigenvalue weighted by molar-refractivity contribution is 5.72. The normalized spacial score (nSPS) is 18.7. The smallest absolute Gasteiger partial charge is 0.408 e. The van der Waals surface area contributed by atoms with Crippen LogP contribution < -0.4 is 5.76 Å². The van der Waals surface area contributed by atoms with Gasteiger partial charge in [-0.1, -0.05) is 12.1 Å². The zero-order chi connectivity index (χ0) is 17.4. The molecule has 130 valence electrons. The van der Waals surface area contributed by atoms with E-state index in [9.17, 15) is 13.6 Å². The van der Waals surface area contributed by atoms with Crippen LogP contribution in [0.1, 0.15) is 24.4 Å². The van der Waals surface area contributed by atoms with Crippen LogP contribution in [0.25, 0.3) is 11.1 Å². The van der Waals surface area contributed by atoms with Gasteiger partial charge in [-0.05, 0) is 49.7 Å². The standard InChI is InChI=1S/C19H18F2N2O2/c20-14-7-8-16(21)13(10-14)11-22-9-3-4-15(12-22)23-17-5-1-2-6-18(17)25-19(23)24/h1-2,5-8,10,15H,3-4,9,11-12H2/t15-/m0/s1. The largest absolute Gasteiger partial charge is 0.420 e. The number of fused-ring (bicyclic) bond motifs is 1. The summed E-state index contributed by atoms with van der Waals surface area (Å²) >= 11 is 0. The van der Waals surface area contributed by atoms with Gasteiger partial charge in [0.25, 0.3) is 0 Å². The fourth-order valence-corrected chi connectivity index (χ4v) is 3.62. The molecule has 0 spiro atoms. The first kappa shape index (κ1) is 16.0. The number of aromatic nitrogens is 1. The lowest BCUT2D eigenvalue weighted by Crippen LogP contribution is -2.38. The minimum atomic E-state index is -0.443. The Morgan fingerprint density at radius 2 is 2.00 bits per heavy atom. The molecule has 1 fully saturated rings. The van der Waals surface area contributed by atoms with Gasteiger partial charge in [0, 0.05) is 18.7 Å². The Morgan fingerprint density at radius 1 is 1.16 bits per heavy atom. The molecule has 1 aliphatic heterocycles. The fourth-order valence-electron chi connectivity index (χ4n) is 3.62. The van der Waals surface area contributed by atoms with Gasteiger partial charge in [0.1, 0.15) is 11.6 Å². The number of halogens is 2. The van der Waals surface area contributed by atoms with Crippen molar-refractivity contribution in [3.63, 3.8) is 0 Å². The summed E-state index contributed by atoms with van der Waals surface area (Å²) in [6, 6.07) is 10.8. The average molecular weight is 344 g/mol. The van der Waals surface area contributed by atoms with Crippen molar-refractivity contribution in [2.75, 3.05) is 13.1 Å². The number of oxazole rings is 1. The summed E-state index contributed by atoms with van der Waals surface area (Å²) in [5.41, 5.74) is 1.68. The predicted octanol–water partition coefficient (Wildman–Crippen LogP) is 3.71. The molecular weight excluding hydrogens is 326 g/mol. The highest BCUT2D eigenvalue weighted by Gasteiger charge is 2.25. The number of piperidine rings is 1. The number of hydrogen-bond acceptors (Lipinski definition) is 3. The molecule has 25 heavy (non-hydrogen) atoms. The van der Waals surface area contributed by atoms with E-state index in [1.165, 1.54) is 6.07 Å². The first-order valence-corrected chi connectivity index (χ1v) is 8.38. The summed E-state index contributed by atoms with van der Waals surface area (Å²) < 4.78 is 34.3. The molecule has 0 saturated carbocycles. The maximum Gasteiger partial charge on any atom is 0.420 e. The van der Waals surface area contributed by atoms with Crippen LogP contribution in [0.4, 0.5) is 8.78 Å². The van der Waals surface area contributed by atoms with Crippen molar-refractivity contribution in [2.24, 2.45) is 0 Å². The Balaban J connectivity index is 1.59. The number of hydrogen-bond donors (Lipinski definition) is 0. The van der Waals surface area contributed by atoms with Crippen molar-refractivity contribution in [2.45, 2.75) is 25.4 Å². The second kappa shape index (κ2) is 6.44. The number of likely N-dealkylation sites (tertiary alicyclic amines) is 1. The number of rotatable bonds is 3. The van der Waals surface area contributed by atoms with Gasteiger partial charge >= 0.3 is 5.76 Å². The molecular formula is C19H18F2N2O2. The predicted molar refractivity (Wildman–Crippen MR) is 90.4 cm³/mol.